The molecule has 0 aliphatic heterocycles. The smallest absolute Gasteiger partial charge is 0.290 e. The van der Waals surface area contributed by atoms with E-state index < -0.39 is 12.7 Å². The molecule has 0 spiro atoms. The lowest BCUT2D eigenvalue weighted by atomic mass is 10.9. The third-order valence-corrected chi connectivity index (χ3v) is 2.42. The number of rotatable bonds is 5. The Kier molecular flexibility index (Phi) is 5.69. The Labute approximate surface area is 75.3 Å². The summed E-state index contributed by atoms with van der Waals surface area (Å²) < 4.78 is 24.6. The van der Waals surface area contributed by atoms with E-state index in [1.807, 2.05) is 0 Å². The van der Waals surface area contributed by atoms with E-state index in [2.05, 4.69) is 13.6 Å². The third-order valence-electron chi connectivity index (χ3n) is 0.806. The monoisotopic (exact) mass is 222 g/mol. The van der Waals surface area contributed by atoms with Gasteiger partial charge in [0.1, 0.15) is 4.84 Å². The van der Waals surface area contributed by atoms with Crippen molar-refractivity contribution in [2.45, 2.75) is 4.84 Å². The predicted molar refractivity (Wildman–Crippen MR) is 43.1 cm³/mol. The molecule has 0 aromatic carbocycles. The van der Waals surface area contributed by atoms with Crippen molar-refractivity contribution in [2.75, 3.05) is 20.8 Å². The summed E-state index contributed by atoms with van der Waals surface area (Å²) in [6.07, 6.45) is 0. The fraction of sp³-hybridized carbons (Fsp3) is 1.00. The van der Waals surface area contributed by atoms with E-state index in [1.54, 1.807) is 0 Å². The number of hydrogen-bond donors (Lipinski definition) is 0. The summed E-state index contributed by atoms with van der Waals surface area (Å²) in [5.41, 5.74) is 0. The van der Waals surface area contributed by atoms with E-state index in [0.29, 0.717) is 0 Å². The predicted octanol–water partition coefficient (Wildman–Crippen LogP) is 2.21. The Morgan fingerprint density at radius 1 is 1.36 bits per heavy atom. The quantitative estimate of drug-likeness (QED) is 0.529. The summed E-state index contributed by atoms with van der Waals surface area (Å²) in [7, 11) is -0.984. The molecule has 0 aliphatic carbocycles. The van der Waals surface area contributed by atoms with Crippen molar-refractivity contribution >= 4 is 31.0 Å². The highest BCUT2D eigenvalue weighted by molar-refractivity contribution is 7.48. The van der Waals surface area contributed by atoms with Crippen molar-refractivity contribution in [2.24, 2.45) is 0 Å². The SMILES string of the molecule is COP(=O)(OC)OCC(Cl)Cl. The van der Waals surface area contributed by atoms with Gasteiger partial charge in [-0.15, -0.1) is 23.2 Å². The Morgan fingerprint density at radius 3 is 2.09 bits per heavy atom. The van der Waals surface area contributed by atoms with Gasteiger partial charge in [-0.25, -0.2) is 4.57 Å². The van der Waals surface area contributed by atoms with Crippen molar-refractivity contribution in [1.82, 2.24) is 0 Å². The summed E-state index contributed by atoms with van der Waals surface area (Å²) in [6, 6.07) is 0. The zero-order valence-corrected chi connectivity index (χ0v) is 8.53. The molecule has 0 radical (unpaired) electrons. The Hall–Kier alpha value is 0.690. The maximum Gasteiger partial charge on any atom is 0.474 e. The van der Waals surface area contributed by atoms with Crippen LogP contribution in [0.15, 0.2) is 0 Å². The van der Waals surface area contributed by atoms with Crippen molar-refractivity contribution < 1.29 is 18.1 Å². The van der Waals surface area contributed by atoms with Crippen LogP contribution in [0.4, 0.5) is 0 Å². The number of phosphoric ester groups is 1. The average molecular weight is 223 g/mol. The summed E-state index contributed by atoms with van der Waals surface area (Å²) in [4.78, 5) is -0.742. The van der Waals surface area contributed by atoms with Gasteiger partial charge in [0.15, 0.2) is 0 Å². The summed E-state index contributed by atoms with van der Waals surface area (Å²) in [5.74, 6) is 0. The molecule has 0 aliphatic rings. The first kappa shape index (κ1) is 11.7. The van der Waals surface area contributed by atoms with Gasteiger partial charge in [0.05, 0.1) is 6.61 Å². The molecule has 0 N–H and O–H groups in total. The van der Waals surface area contributed by atoms with Gasteiger partial charge < -0.3 is 0 Å². The van der Waals surface area contributed by atoms with Gasteiger partial charge >= 0.3 is 7.82 Å². The number of halogens is 2. The molecule has 0 saturated carbocycles. The van der Waals surface area contributed by atoms with Crippen LogP contribution in [0.5, 0.6) is 0 Å². The van der Waals surface area contributed by atoms with Crippen LogP contribution in [0.2, 0.25) is 0 Å². The molecule has 0 aromatic rings. The van der Waals surface area contributed by atoms with Crippen LogP contribution in [-0.4, -0.2) is 25.7 Å². The molecule has 0 rings (SSSR count). The van der Waals surface area contributed by atoms with Gasteiger partial charge in [0, 0.05) is 14.2 Å². The van der Waals surface area contributed by atoms with Crippen LogP contribution in [0, 0.1) is 0 Å². The van der Waals surface area contributed by atoms with Gasteiger partial charge in [0.2, 0.25) is 0 Å². The molecule has 0 saturated heterocycles. The van der Waals surface area contributed by atoms with E-state index in [9.17, 15) is 4.57 Å². The minimum atomic E-state index is -3.40. The van der Waals surface area contributed by atoms with Crippen molar-refractivity contribution in [3.8, 4) is 0 Å². The van der Waals surface area contributed by atoms with E-state index in [1.165, 1.54) is 14.2 Å². The lowest BCUT2D eigenvalue weighted by molar-refractivity contribution is 0.157. The standard InChI is InChI=1S/C4H9Cl2O4P/c1-8-11(7,9-2)10-3-4(5)6/h4H,3H2,1-2H3. The van der Waals surface area contributed by atoms with Crippen molar-refractivity contribution in [3.63, 3.8) is 0 Å². The Bertz CT molecular complexity index is 143. The second-order valence-electron chi connectivity index (χ2n) is 1.50. The lowest BCUT2D eigenvalue weighted by Crippen LogP contribution is -2.02. The van der Waals surface area contributed by atoms with Crippen LogP contribution in [0.3, 0.4) is 0 Å². The lowest BCUT2D eigenvalue weighted by Gasteiger charge is -2.12. The zero-order chi connectivity index (χ0) is 8.91. The molecule has 0 atom stereocenters. The minimum Gasteiger partial charge on any atom is -0.290 e. The fourth-order valence-corrected chi connectivity index (χ4v) is 1.32. The zero-order valence-electron chi connectivity index (χ0n) is 6.12. The molecule has 0 unspecified atom stereocenters. The molecule has 0 heterocycles. The molecule has 4 nitrogen and oxygen atoms in total. The van der Waals surface area contributed by atoms with E-state index >= 15 is 0 Å². The fourth-order valence-electron chi connectivity index (χ4n) is 0.328. The average Bonchev–Trinajstić information content (AvgIpc) is 2.00. The first-order chi connectivity index (χ1) is 5.04. The Balaban J connectivity index is 3.79. The molecule has 0 aromatic heterocycles. The molecule has 68 valence electrons. The molecule has 0 amide bonds. The molecule has 7 heteroatoms. The van der Waals surface area contributed by atoms with Crippen LogP contribution in [0.1, 0.15) is 0 Å². The molecular weight excluding hydrogens is 214 g/mol. The summed E-state index contributed by atoms with van der Waals surface area (Å²) >= 11 is 10.6. The highest BCUT2D eigenvalue weighted by Crippen LogP contribution is 2.47. The largest absolute Gasteiger partial charge is 0.474 e. The van der Waals surface area contributed by atoms with Gasteiger partial charge in [-0.2, -0.15) is 0 Å². The van der Waals surface area contributed by atoms with Crippen molar-refractivity contribution in [3.05, 3.63) is 0 Å². The highest BCUT2D eigenvalue weighted by Gasteiger charge is 2.23. The number of hydrogen-bond acceptors (Lipinski definition) is 4. The van der Waals surface area contributed by atoms with Gasteiger partial charge in [0.25, 0.3) is 0 Å². The topological polar surface area (TPSA) is 44.8 Å². The normalized spacial score (nSPS) is 12.5. The van der Waals surface area contributed by atoms with Crippen LogP contribution in [0.25, 0.3) is 0 Å². The van der Waals surface area contributed by atoms with Gasteiger partial charge in [-0.3, -0.25) is 13.6 Å². The molecule has 0 bridgehead atoms. The Morgan fingerprint density at radius 2 is 1.82 bits per heavy atom. The maximum atomic E-state index is 11.1. The highest BCUT2D eigenvalue weighted by atomic mass is 35.5. The molecular formula is C4H9Cl2O4P. The summed E-state index contributed by atoms with van der Waals surface area (Å²) in [6.45, 7) is -0.0952. The number of alkyl halides is 2. The molecule has 11 heavy (non-hydrogen) atoms. The van der Waals surface area contributed by atoms with Crippen LogP contribution < -0.4 is 0 Å². The van der Waals surface area contributed by atoms with Gasteiger partial charge in [-0.05, 0) is 0 Å². The molecule has 0 fully saturated rings. The third kappa shape index (κ3) is 5.01. The maximum absolute atomic E-state index is 11.1. The van der Waals surface area contributed by atoms with Crippen LogP contribution in [-0.2, 0) is 18.1 Å². The second-order valence-corrected chi connectivity index (χ2v) is 4.66. The first-order valence-electron chi connectivity index (χ1n) is 2.68. The van der Waals surface area contributed by atoms with E-state index in [-0.39, 0.29) is 6.61 Å². The number of phosphoric acid groups is 1. The minimum absolute atomic E-state index is 0.0952. The van der Waals surface area contributed by atoms with Crippen molar-refractivity contribution in [1.29, 1.82) is 0 Å². The van der Waals surface area contributed by atoms with Crippen LogP contribution >= 0.6 is 31.0 Å². The van der Waals surface area contributed by atoms with E-state index in [4.69, 9.17) is 23.2 Å². The first-order valence-corrected chi connectivity index (χ1v) is 5.01. The second kappa shape index (κ2) is 5.36. The summed E-state index contributed by atoms with van der Waals surface area (Å²) in [5, 5.41) is 0. The van der Waals surface area contributed by atoms with E-state index in [0.717, 1.165) is 0 Å². The van der Waals surface area contributed by atoms with Gasteiger partial charge in [-0.1, -0.05) is 0 Å².